The van der Waals surface area contributed by atoms with E-state index >= 15 is 0 Å². The fraction of sp³-hybridized carbons (Fsp3) is 0.333. The molecule has 0 radical (unpaired) electrons. The molecule has 0 spiro atoms. The molecule has 1 atom stereocenters. The molecule has 3 heteroatoms. The number of halogens is 1. The molecule has 0 bridgehead atoms. The SMILES string of the molecule is CCCNC(CC)c1ccccc1Oc1ccccc1F. The summed E-state index contributed by atoms with van der Waals surface area (Å²) in [7, 11) is 0. The van der Waals surface area contributed by atoms with Gasteiger partial charge in [-0.1, -0.05) is 44.2 Å². The molecular weight excluding hydrogens is 265 g/mol. The van der Waals surface area contributed by atoms with Gasteiger partial charge in [0.05, 0.1) is 0 Å². The van der Waals surface area contributed by atoms with E-state index in [9.17, 15) is 4.39 Å². The third-order valence-corrected chi connectivity index (χ3v) is 3.40. The Kier molecular flexibility index (Phi) is 5.76. The minimum atomic E-state index is -0.345. The molecule has 2 nitrogen and oxygen atoms in total. The lowest BCUT2D eigenvalue weighted by atomic mass is 10.0. The summed E-state index contributed by atoms with van der Waals surface area (Å²) < 4.78 is 19.5. The van der Waals surface area contributed by atoms with Crippen LogP contribution in [0.5, 0.6) is 11.5 Å². The van der Waals surface area contributed by atoms with Crippen molar-refractivity contribution in [2.45, 2.75) is 32.7 Å². The van der Waals surface area contributed by atoms with E-state index in [0.717, 1.165) is 24.9 Å². The molecule has 2 aromatic carbocycles. The van der Waals surface area contributed by atoms with Crippen LogP contribution in [-0.2, 0) is 0 Å². The second kappa shape index (κ2) is 7.79. The van der Waals surface area contributed by atoms with E-state index < -0.39 is 0 Å². The maximum atomic E-state index is 13.8. The predicted molar refractivity (Wildman–Crippen MR) is 84.2 cm³/mol. The topological polar surface area (TPSA) is 21.3 Å². The van der Waals surface area contributed by atoms with Gasteiger partial charge in [-0.3, -0.25) is 0 Å². The van der Waals surface area contributed by atoms with Crippen LogP contribution in [0.1, 0.15) is 38.3 Å². The quantitative estimate of drug-likeness (QED) is 0.767. The zero-order valence-corrected chi connectivity index (χ0v) is 12.6. The number of rotatable bonds is 7. The summed E-state index contributed by atoms with van der Waals surface area (Å²) in [6, 6.07) is 14.5. The van der Waals surface area contributed by atoms with Gasteiger partial charge in [0, 0.05) is 11.6 Å². The molecule has 0 saturated carbocycles. The van der Waals surface area contributed by atoms with Crippen LogP contribution in [0.15, 0.2) is 48.5 Å². The highest BCUT2D eigenvalue weighted by atomic mass is 19.1. The second-order valence-corrected chi connectivity index (χ2v) is 4.99. The highest BCUT2D eigenvalue weighted by Gasteiger charge is 2.15. The van der Waals surface area contributed by atoms with Crippen LogP contribution in [-0.4, -0.2) is 6.54 Å². The summed E-state index contributed by atoms with van der Waals surface area (Å²) >= 11 is 0. The smallest absolute Gasteiger partial charge is 0.165 e. The molecule has 1 N–H and O–H groups in total. The van der Waals surface area contributed by atoms with Gasteiger partial charge in [0.2, 0.25) is 0 Å². The van der Waals surface area contributed by atoms with Crippen LogP contribution in [0.4, 0.5) is 4.39 Å². The highest BCUT2D eigenvalue weighted by Crippen LogP contribution is 2.32. The molecule has 1 unspecified atom stereocenters. The number of benzene rings is 2. The maximum absolute atomic E-state index is 13.8. The minimum Gasteiger partial charge on any atom is -0.454 e. The Morgan fingerprint density at radius 1 is 1.00 bits per heavy atom. The Morgan fingerprint density at radius 2 is 1.67 bits per heavy atom. The van der Waals surface area contributed by atoms with Crippen LogP contribution in [0.25, 0.3) is 0 Å². The van der Waals surface area contributed by atoms with Crippen LogP contribution in [0, 0.1) is 5.82 Å². The van der Waals surface area contributed by atoms with Gasteiger partial charge in [-0.2, -0.15) is 0 Å². The first-order chi connectivity index (χ1) is 10.3. The van der Waals surface area contributed by atoms with E-state index in [4.69, 9.17) is 4.74 Å². The Bertz CT molecular complexity index is 571. The molecule has 2 aromatic rings. The fourth-order valence-corrected chi connectivity index (χ4v) is 2.30. The third kappa shape index (κ3) is 4.05. The van der Waals surface area contributed by atoms with E-state index in [1.807, 2.05) is 24.3 Å². The van der Waals surface area contributed by atoms with Crippen molar-refractivity contribution < 1.29 is 9.13 Å². The van der Waals surface area contributed by atoms with Crippen molar-refractivity contribution in [2.75, 3.05) is 6.54 Å². The molecule has 0 fully saturated rings. The zero-order chi connectivity index (χ0) is 15.1. The van der Waals surface area contributed by atoms with Crippen LogP contribution < -0.4 is 10.1 Å². The lowest BCUT2D eigenvalue weighted by molar-refractivity contribution is 0.423. The van der Waals surface area contributed by atoms with E-state index in [1.165, 1.54) is 6.07 Å². The average Bonchev–Trinajstić information content (AvgIpc) is 2.52. The average molecular weight is 287 g/mol. The molecule has 0 amide bonds. The lowest BCUT2D eigenvalue weighted by Gasteiger charge is -2.20. The number of hydrogen-bond acceptors (Lipinski definition) is 2. The maximum Gasteiger partial charge on any atom is 0.165 e. The number of nitrogens with one attached hydrogen (secondary N) is 1. The molecule has 21 heavy (non-hydrogen) atoms. The molecule has 0 aromatic heterocycles. The van der Waals surface area contributed by atoms with Gasteiger partial charge in [0.1, 0.15) is 5.75 Å². The van der Waals surface area contributed by atoms with Crippen molar-refractivity contribution in [2.24, 2.45) is 0 Å². The van der Waals surface area contributed by atoms with Crippen LogP contribution in [0.2, 0.25) is 0 Å². The van der Waals surface area contributed by atoms with Crippen molar-refractivity contribution in [1.82, 2.24) is 5.32 Å². The summed E-state index contributed by atoms with van der Waals surface area (Å²) in [5.74, 6) is 0.621. The van der Waals surface area contributed by atoms with Gasteiger partial charge in [-0.15, -0.1) is 0 Å². The zero-order valence-electron chi connectivity index (χ0n) is 12.6. The molecule has 112 valence electrons. The van der Waals surface area contributed by atoms with Crippen molar-refractivity contribution in [3.05, 3.63) is 59.9 Å². The van der Waals surface area contributed by atoms with E-state index in [2.05, 4.69) is 19.2 Å². The molecule has 0 aliphatic rings. The summed E-state index contributed by atoms with van der Waals surface area (Å²) in [5, 5.41) is 3.50. The molecule has 0 heterocycles. The largest absolute Gasteiger partial charge is 0.454 e. The molecule has 0 saturated heterocycles. The Morgan fingerprint density at radius 3 is 2.33 bits per heavy atom. The van der Waals surface area contributed by atoms with E-state index in [0.29, 0.717) is 5.75 Å². The van der Waals surface area contributed by atoms with E-state index in [1.54, 1.807) is 18.2 Å². The number of hydrogen-bond donors (Lipinski definition) is 1. The summed E-state index contributed by atoms with van der Waals surface area (Å²) in [5.41, 5.74) is 1.07. The van der Waals surface area contributed by atoms with Gasteiger partial charge in [0.15, 0.2) is 11.6 Å². The Hall–Kier alpha value is -1.87. The van der Waals surface area contributed by atoms with Crippen molar-refractivity contribution >= 4 is 0 Å². The predicted octanol–water partition coefficient (Wildman–Crippen LogP) is 5.07. The fourth-order valence-electron chi connectivity index (χ4n) is 2.30. The van der Waals surface area contributed by atoms with Crippen molar-refractivity contribution in [3.8, 4) is 11.5 Å². The first kappa shape index (κ1) is 15.5. The van der Waals surface area contributed by atoms with Gasteiger partial charge in [-0.25, -0.2) is 4.39 Å². The van der Waals surface area contributed by atoms with Crippen LogP contribution in [0.3, 0.4) is 0 Å². The lowest BCUT2D eigenvalue weighted by Crippen LogP contribution is -2.21. The summed E-state index contributed by atoms with van der Waals surface area (Å²) in [4.78, 5) is 0. The summed E-state index contributed by atoms with van der Waals surface area (Å²) in [6.07, 6.45) is 2.03. The normalized spacial score (nSPS) is 12.1. The number of para-hydroxylation sites is 2. The minimum absolute atomic E-state index is 0.216. The van der Waals surface area contributed by atoms with Crippen LogP contribution >= 0.6 is 0 Å². The van der Waals surface area contributed by atoms with Crippen molar-refractivity contribution in [1.29, 1.82) is 0 Å². The highest BCUT2D eigenvalue weighted by molar-refractivity contribution is 5.40. The van der Waals surface area contributed by atoms with Gasteiger partial charge in [0.25, 0.3) is 0 Å². The van der Waals surface area contributed by atoms with Gasteiger partial charge < -0.3 is 10.1 Å². The van der Waals surface area contributed by atoms with E-state index in [-0.39, 0.29) is 17.6 Å². The molecule has 0 aliphatic heterocycles. The van der Waals surface area contributed by atoms with Crippen molar-refractivity contribution in [3.63, 3.8) is 0 Å². The Balaban J connectivity index is 2.26. The van der Waals surface area contributed by atoms with Gasteiger partial charge >= 0.3 is 0 Å². The molecule has 0 aliphatic carbocycles. The first-order valence-electron chi connectivity index (χ1n) is 7.51. The summed E-state index contributed by atoms with van der Waals surface area (Å²) in [6.45, 7) is 5.22. The Labute approximate surface area is 126 Å². The third-order valence-electron chi connectivity index (χ3n) is 3.40. The number of ether oxygens (including phenoxy) is 1. The van der Waals surface area contributed by atoms with Gasteiger partial charge in [-0.05, 0) is 37.6 Å². The monoisotopic (exact) mass is 287 g/mol. The molecular formula is C18H22FNO. The molecule has 2 rings (SSSR count). The second-order valence-electron chi connectivity index (χ2n) is 4.99. The first-order valence-corrected chi connectivity index (χ1v) is 7.51. The standard InChI is InChI=1S/C18H22FNO/c1-3-13-20-16(4-2)14-9-5-7-11-17(14)21-18-12-8-6-10-15(18)19/h5-12,16,20H,3-4,13H2,1-2H3.